The van der Waals surface area contributed by atoms with Crippen molar-refractivity contribution in [1.29, 1.82) is 0 Å². The third kappa shape index (κ3) is 7.31. The van der Waals surface area contributed by atoms with Gasteiger partial charge in [-0.1, -0.05) is 41.5 Å². The van der Waals surface area contributed by atoms with E-state index in [1.54, 1.807) is 0 Å². The summed E-state index contributed by atoms with van der Waals surface area (Å²) in [6, 6.07) is 0. The van der Waals surface area contributed by atoms with Crippen molar-refractivity contribution in [2.75, 3.05) is 45.8 Å². The maximum atomic E-state index is 13.2. The molecule has 4 fully saturated rings. The molecule has 0 aromatic heterocycles. The smallest absolute Gasteiger partial charge is 0.227 e. The summed E-state index contributed by atoms with van der Waals surface area (Å²) in [5.41, 5.74) is 0.623. The van der Waals surface area contributed by atoms with Crippen LogP contribution >= 0.6 is 0 Å². The van der Waals surface area contributed by atoms with Gasteiger partial charge in [0, 0.05) is 50.6 Å². The van der Waals surface area contributed by atoms with Crippen LogP contribution in [0.15, 0.2) is 0 Å². The number of piperazine rings is 1. The number of hydrogen-bond acceptors (Lipinski definition) is 3. The van der Waals surface area contributed by atoms with Crippen molar-refractivity contribution in [3.63, 3.8) is 0 Å². The SMILES string of the molecule is CC(C)(C)C(=O)N1CCC2(CCC(CCN3CCN(C(=O)C4CCC(C(C)(C)C)CC4)CC3)CC2)CC1. The zero-order valence-electron chi connectivity index (χ0n) is 25.1. The molecule has 37 heavy (non-hydrogen) atoms. The average molecular weight is 516 g/mol. The molecular formula is C32H57N3O2. The molecule has 0 unspecified atom stereocenters. The van der Waals surface area contributed by atoms with Crippen LogP contribution in [0.25, 0.3) is 0 Å². The number of carbonyl (C=O) groups excluding carboxylic acids is 2. The minimum absolute atomic E-state index is 0.257. The molecule has 2 aliphatic carbocycles. The number of amides is 2. The summed E-state index contributed by atoms with van der Waals surface area (Å²) in [5, 5.41) is 0. The van der Waals surface area contributed by atoms with Crippen molar-refractivity contribution in [1.82, 2.24) is 14.7 Å². The zero-order chi connectivity index (χ0) is 26.8. The Hall–Kier alpha value is -1.10. The molecule has 0 atom stereocenters. The Morgan fingerprint density at radius 1 is 0.703 bits per heavy atom. The van der Waals surface area contributed by atoms with Crippen LogP contribution in [-0.2, 0) is 9.59 Å². The van der Waals surface area contributed by atoms with E-state index in [9.17, 15) is 9.59 Å². The predicted octanol–water partition coefficient (Wildman–Crippen LogP) is 6.22. The van der Waals surface area contributed by atoms with Gasteiger partial charge in [0.15, 0.2) is 0 Å². The zero-order valence-corrected chi connectivity index (χ0v) is 25.1. The van der Waals surface area contributed by atoms with E-state index in [-0.39, 0.29) is 11.3 Å². The highest BCUT2D eigenvalue weighted by molar-refractivity contribution is 5.81. The molecule has 0 bridgehead atoms. The van der Waals surface area contributed by atoms with E-state index < -0.39 is 0 Å². The van der Waals surface area contributed by atoms with Crippen LogP contribution in [0.4, 0.5) is 0 Å². The highest BCUT2D eigenvalue weighted by Crippen LogP contribution is 2.47. The van der Waals surface area contributed by atoms with Crippen molar-refractivity contribution in [3.8, 4) is 0 Å². The minimum Gasteiger partial charge on any atom is -0.342 e. The minimum atomic E-state index is -0.257. The molecule has 2 saturated heterocycles. The van der Waals surface area contributed by atoms with Gasteiger partial charge < -0.3 is 9.80 Å². The van der Waals surface area contributed by atoms with Gasteiger partial charge in [-0.25, -0.2) is 0 Å². The molecule has 4 rings (SSSR count). The van der Waals surface area contributed by atoms with E-state index in [1.807, 2.05) is 20.8 Å². The first-order valence-corrected chi connectivity index (χ1v) is 15.7. The number of carbonyl (C=O) groups is 2. The molecule has 1 spiro atoms. The van der Waals surface area contributed by atoms with E-state index >= 15 is 0 Å². The van der Waals surface area contributed by atoms with Crippen LogP contribution in [0.5, 0.6) is 0 Å². The summed E-state index contributed by atoms with van der Waals surface area (Å²) in [6.45, 7) is 20.3. The van der Waals surface area contributed by atoms with Crippen molar-refractivity contribution < 1.29 is 9.59 Å². The van der Waals surface area contributed by atoms with Crippen LogP contribution in [-0.4, -0.2) is 72.3 Å². The Morgan fingerprint density at radius 2 is 1.27 bits per heavy atom. The van der Waals surface area contributed by atoms with E-state index in [2.05, 4.69) is 35.5 Å². The highest BCUT2D eigenvalue weighted by Gasteiger charge is 2.40. The van der Waals surface area contributed by atoms with Gasteiger partial charge in [0.25, 0.3) is 0 Å². The van der Waals surface area contributed by atoms with Crippen LogP contribution in [0.3, 0.4) is 0 Å². The lowest BCUT2D eigenvalue weighted by Crippen LogP contribution is -2.51. The van der Waals surface area contributed by atoms with E-state index in [0.717, 1.165) is 63.9 Å². The number of rotatable bonds is 4. The number of piperidine rings is 1. The third-order valence-electron chi connectivity index (χ3n) is 10.8. The lowest BCUT2D eigenvalue weighted by Gasteiger charge is -2.47. The second-order valence-electron chi connectivity index (χ2n) is 15.4. The van der Waals surface area contributed by atoms with Gasteiger partial charge >= 0.3 is 0 Å². The fourth-order valence-electron chi connectivity index (χ4n) is 7.76. The Morgan fingerprint density at radius 3 is 1.78 bits per heavy atom. The van der Waals surface area contributed by atoms with Gasteiger partial charge in [0.2, 0.25) is 11.8 Å². The summed E-state index contributed by atoms with van der Waals surface area (Å²) in [7, 11) is 0. The van der Waals surface area contributed by atoms with E-state index in [1.165, 1.54) is 64.3 Å². The molecule has 0 radical (unpaired) electrons. The molecule has 2 aliphatic heterocycles. The predicted molar refractivity (Wildman–Crippen MR) is 152 cm³/mol. The molecule has 2 amide bonds. The monoisotopic (exact) mass is 515 g/mol. The number of hydrogen-bond donors (Lipinski definition) is 0. The largest absolute Gasteiger partial charge is 0.342 e. The van der Waals surface area contributed by atoms with E-state index in [4.69, 9.17) is 0 Å². The molecule has 212 valence electrons. The van der Waals surface area contributed by atoms with Gasteiger partial charge in [-0.3, -0.25) is 14.5 Å². The molecule has 0 aromatic carbocycles. The molecule has 2 saturated carbocycles. The number of likely N-dealkylation sites (tertiary alicyclic amines) is 1. The van der Waals surface area contributed by atoms with Gasteiger partial charge in [0.1, 0.15) is 0 Å². The van der Waals surface area contributed by atoms with Crippen LogP contribution in [0.2, 0.25) is 0 Å². The second kappa shape index (κ2) is 11.6. The third-order valence-corrected chi connectivity index (χ3v) is 10.8. The Kier molecular flexibility index (Phi) is 9.03. The standard InChI is InChI=1S/C32H57N3O2/c1-30(2,3)27-9-7-26(8-10-27)28(36)34-23-21-33(22-24-34)18-13-25-11-14-32(15-12-25)16-19-35(20-17-32)29(37)31(4,5)6/h25-27H,7-24H2,1-6H3. The molecule has 0 aromatic rings. The first-order valence-electron chi connectivity index (χ1n) is 15.7. The highest BCUT2D eigenvalue weighted by atomic mass is 16.2. The van der Waals surface area contributed by atoms with Crippen LogP contribution in [0, 0.1) is 34.0 Å². The van der Waals surface area contributed by atoms with E-state index in [0.29, 0.717) is 22.6 Å². The molecule has 5 heteroatoms. The maximum absolute atomic E-state index is 13.2. The molecule has 4 aliphatic rings. The molecule has 2 heterocycles. The number of nitrogens with zero attached hydrogens (tertiary/aromatic N) is 3. The normalized spacial score (nSPS) is 28.5. The van der Waals surface area contributed by atoms with Gasteiger partial charge in [-0.15, -0.1) is 0 Å². The molecule has 0 N–H and O–H groups in total. The molecule has 5 nitrogen and oxygen atoms in total. The van der Waals surface area contributed by atoms with Gasteiger partial charge in [-0.2, -0.15) is 0 Å². The van der Waals surface area contributed by atoms with Crippen LogP contribution < -0.4 is 0 Å². The fraction of sp³-hybridized carbons (Fsp3) is 0.938. The first-order chi connectivity index (χ1) is 17.4. The summed E-state index contributed by atoms with van der Waals surface area (Å²) < 4.78 is 0. The summed E-state index contributed by atoms with van der Waals surface area (Å²) >= 11 is 0. The lowest BCUT2D eigenvalue weighted by molar-refractivity contribution is -0.142. The Balaban J connectivity index is 1.11. The fourth-order valence-corrected chi connectivity index (χ4v) is 7.76. The maximum Gasteiger partial charge on any atom is 0.227 e. The summed E-state index contributed by atoms with van der Waals surface area (Å²) in [6.07, 6.45) is 13.8. The lowest BCUT2D eigenvalue weighted by atomic mass is 9.65. The quantitative estimate of drug-likeness (QED) is 0.446. The van der Waals surface area contributed by atoms with Crippen LogP contribution in [0.1, 0.15) is 112 Å². The second-order valence-corrected chi connectivity index (χ2v) is 15.4. The average Bonchev–Trinajstić information content (AvgIpc) is 2.87. The van der Waals surface area contributed by atoms with Gasteiger partial charge in [0.05, 0.1) is 0 Å². The molecular weight excluding hydrogens is 458 g/mol. The Bertz CT molecular complexity index is 761. The van der Waals surface area contributed by atoms with Gasteiger partial charge in [-0.05, 0) is 99.8 Å². The Labute approximate surface area is 228 Å². The topological polar surface area (TPSA) is 43.9 Å². The first kappa shape index (κ1) is 28.9. The summed E-state index contributed by atoms with van der Waals surface area (Å²) in [4.78, 5) is 32.7. The van der Waals surface area contributed by atoms with Crippen molar-refractivity contribution in [2.45, 2.75) is 112 Å². The van der Waals surface area contributed by atoms with Crippen molar-refractivity contribution in [2.24, 2.45) is 34.0 Å². The van der Waals surface area contributed by atoms with Crippen molar-refractivity contribution in [3.05, 3.63) is 0 Å². The van der Waals surface area contributed by atoms with Crippen molar-refractivity contribution >= 4 is 11.8 Å². The summed E-state index contributed by atoms with van der Waals surface area (Å²) in [5.74, 6) is 2.68.